The molecule has 3 nitrogen and oxygen atoms in total. The topological polar surface area (TPSA) is 58.0 Å². The van der Waals surface area contributed by atoms with Crippen LogP contribution in [0.15, 0.2) is 0 Å². The molecule has 0 aliphatic heterocycles. The fraction of sp³-hybridized carbons (Fsp3) is 0.500. The van der Waals surface area contributed by atoms with Gasteiger partial charge in [-0.1, -0.05) is 0 Å². The molecule has 0 unspecified atom stereocenters. The van der Waals surface area contributed by atoms with Crippen molar-refractivity contribution in [3.05, 3.63) is 0 Å². The van der Waals surface area contributed by atoms with E-state index in [4.69, 9.17) is 15.0 Å². The van der Waals surface area contributed by atoms with E-state index in [2.05, 4.69) is 0 Å². The lowest BCUT2D eigenvalue weighted by Crippen LogP contribution is -1.40. The smallest absolute Gasteiger partial charge is 0.310 e. The zero-order valence-corrected chi connectivity index (χ0v) is 3.73. The quantitative estimate of drug-likeness (QED) is 0.472. The van der Waals surface area contributed by atoms with E-state index in [9.17, 15) is 0 Å². The maximum Gasteiger partial charge on any atom is 0.373 e. The molecule has 1 aliphatic carbocycles. The fourth-order valence-corrected chi connectivity index (χ4v) is 0.0625. The Labute approximate surface area is 40.8 Å². The van der Waals surface area contributed by atoms with Gasteiger partial charge in [0.2, 0.25) is 0 Å². The van der Waals surface area contributed by atoms with E-state index in [1.54, 1.807) is 0 Å². The standard InChI is InChI=1S/C3H5N.CO2/c4-3-1-2-3;2-1-3/h4H,1-2H2;. The third-order valence-electron chi connectivity index (χ3n) is 0.500. The molecule has 0 aromatic heterocycles. The van der Waals surface area contributed by atoms with Crippen LogP contribution in [0, 0.1) is 5.41 Å². The van der Waals surface area contributed by atoms with E-state index in [-0.39, 0.29) is 6.15 Å². The predicted molar refractivity (Wildman–Crippen MR) is 22.0 cm³/mol. The van der Waals surface area contributed by atoms with Crippen molar-refractivity contribution in [3.63, 3.8) is 0 Å². The Bertz CT molecular complexity index is 96.3. The van der Waals surface area contributed by atoms with Crippen molar-refractivity contribution < 1.29 is 9.59 Å². The molecule has 1 fully saturated rings. The first-order valence-corrected chi connectivity index (χ1v) is 1.87. The SMILES string of the molecule is N=C1CC1.O=C=O. The van der Waals surface area contributed by atoms with Crippen LogP contribution in [0.3, 0.4) is 0 Å². The molecule has 0 bridgehead atoms. The van der Waals surface area contributed by atoms with Crippen molar-refractivity contribution in [3.8, 4) is 0 Å². The Morgan fingerprint density at radius 2 is 1.57 bits per heavy atom. The summed E-state index contributed by atoms with van der Waals surface area (Å²) in [5, 5.41) is 6.61. The molecule has 0 atom stereocenters. The minimum atomic E-state index is 0.250. The Kier molecular flexibility index (Phi) is 2.81. The molecule has 1 saturated carbocycles. The van der Waals surface area contributed by atoms with Gasteiger partial charge in [-0.05, 0) is 12.8 Å². The second-order valence-corrected chi connectivity index (χ2v) is 1.19. The zero-order chi connectivity index (χ0) is 5.70. The highest BCUT2D eigenvalue weighted by molar-refractivity contribution is 5.95. The first-order chi connectivity index (χ1) is 3.31. The highest BCUT2D eigenvalue weighted by Crippen LogP contribution is 2.09. The molecule has 0 amide bonds. The molecule has 1 N–H and O–H groups in total. The van der Waals surface area contributed by atoms with Crippen molar-refractivity contribution in [2.75, 3.05) is 0 Å². The highest BCUT2D eigenvalue weighted by Gasteiger charge is 2.07. The molecule has 0 radical (unpaired) electrons. The summed E-state index contributed by atoms with van der Waals surface area (Å²) < 4.78 is 0. The van der Waals surface area contributed by atoms with E-state index in [1.807, 2.05) is 0 Å². The van der Waals surface area contributed by atoms with E-state index in [1.165, 1.54) is 0 Å². The predicted octanol–water partition coefficient (Wildman–Crippen LogP) is 0.216. The normalized spacial score (nSPS) is 13.4. The van der Waals surface area contributed by atoms with Gasteiger partial charge in [0, 0.05) is 5.71 Å². The van der Waals surface area contributed by atoms with Crippen LogP contribution in [-0.2, 0) is 9.59 Å². The van der Waals surface area contributed by atoms with Gasteiger partial charge in [0.25, 0.3) is 0 Å². The number of hydrogen-bond acceptors (Lipinski definition) is 3. The number of rotatable bonds is 0. The van der Waals surface area contributed by atoms with Gasteiger partial charge in [0.15, 0.2) is 0 Å². The van der Waals surface area contributed by atoms with Crippen LogP contribution in [0.25, 0.3) is 0 Å². The Balaban J connectivity index is 0.000000110. The summed E-state index contributed by atoms with van der Waals surface area (Å²) in [7, 11) is 0. The molecular formula is C4H5NO2. The highest BCUT2D eigenvalue weighted by atomic mass is 16.2. The maximum atomic E-state index is 8.12. The summed E-state index contributed by atoms with van der Waals surface area (Å²) in [6, 6.07) is 0. The average Bonchev–Trinajstić information content (AvgIpc) is 2.25. The van der Waals surface area contributed by atoms with E-state index < -0.39 is 0 Å². The molecule has 0 saturated heterocycles. The molecule has 3 heteroatoms. The van der Waals surface area contributed by atoms with Crippen molar-refractivity contribution >= 4 is 11.9 Å². The maximum absolute atomic E-state index is 8.12. The van der Waals surface area contributed by atoms with Gasteiger partial charge in [-0.25, -0.2) is 0 Å². The molecule has 7 heavy (non-hydrogen) atoms. The molecule has 38 valence electrons. The third kappa shape index (κ3) is 11.2. The lowest BCUT2D eigenvalue weighted by molar-refractivity contribution is -0.191. The van der Waals surface area contributed by atoms with Crippen molar-refractivity contribution in [2.24, 2.45) is 0 Å². The van der Waals surface area contributed by atoms with Crippen LogP contribution >= 0.6 is 0 Å². The Morgan fingerprint density at radius 3 is 1.57 bits per heavy atom. The van der Waals surface area contributed by atoms with Gasteiger partial charge < -0.3 is 5.41 Å². The summed E-state index contributed by atoms with van der Waals surface area (Å²) in [5.41, 5.74) is 0.917. The molecule has 1 aliphatic rings. The van der Waals surface area contributed by atoms with Crippen LogP contribution in [-0.4, -0.2) is 11.9 Å². The van der Waals surface area contributed by atoms with E-state index in [0.29, 0.717) is 0 Å². The van der Waals surface area contributed by atoms with Crippen LogP contribution in [0.2, 0.25) is 0 Å². The van der Waals surface area contributed by atoms with Crippen molar-refractivity contribution in [2.45, 2.75) is 12.8 Å². The molecule has 1 rings (SSSR count). The first kappa shape index (κ1) is 6.05. The van der Waals surface area contributed by atoms with Crippen LogP contribution in [0.5, 0.6) is 0 Å². The minimum absolute atomic E-state index is 0.250. The van der Waals surface area contributed by atoms with Gasteiger partial charge in [0.1, 0.15) is 0 Å². The third-order valence-corrected chi connectivity index (χ3v) is 0.500. The number of carbonyl (C=O) groups excluding carboxylic acids is 2. The van der Waals surface area contributed by atoms with Gasteiger partial charge in [0.05, 0.1) is 0 Å². The Morgan fingerprint density at radius 1 is 1.43 bits per heavy atom. The minimum Gasteiger partial charge on any atom is -0.310 e. The monoisotopic (exact) mass is 99.0 g/mol. The van der Waals surface area contributed by atoms with Gasteiger partial charge >= 0.3 is 6.15 Å². The second kappa shape index (κ2) is 3.25. The fourth-order valence-electron chi connectivity index (χ4n) is 0.0625. The summed E-state index contributed by atoms with van der Waals surface area (Å²) >= 11 is 0. The average molecular weight is 99.1 g/mol. The van der Waals surface area contributed by atoms with Gasteiger partial charge in [-0.15, -0.1) is 0 Å². The van der Waals surface area contributed by atoms with Crippen LogP contribution < -0.4 is 0 Å². The summed E-state index contributed by atoms with van der Waals surface area (Å²) in [4.78, 5) is 16.2. The molecule has 0 aromatic carbocycles. The summed E-state index contributed by atoms with van der Waals surface area (Å²) in [6.45, 7) is 0. The second-order valence-electron chi connectivity index (χ2n) is 1.19. The molecule has 0 aromatic rings. The molecular weight excluding hydrogens is 94.0 g/mol. The molecule has 0 heterocycles. The molecule has 0 spiro atoms. The van der Waals surface area contributed by atoms with Crippen LogP contribution in [0.4, 0.5) is 0 Å². The lowest BCUT2D eigenvalue weighted by atomic mass is 10.9. The largest absolute Gasteiger partial charge is 0.373 e. The van der Waals surface area contributed by atoms with Gasteiger partial charge in [-0.2, -0.15) is 9.59 Å². The Hall–Kier alpha value is -0.950. The summed E-state index contributed by atoms with van der Waals surface area (Å²) in [6.07, 6.45) is 2.39. The number of hydrogen-bond donors (Lipinski definition) is 1. The van der Waals surface area contributed by atoms with E-state index >= 15 is 0 Å². The van der Waals surface area contributed by atoms with E-state index in [0.717, 1.165) is 18.6 Å². The van der Waals surface area contributed by atoms with Crippen molar-refractivity contribution in [1.29, 1.82) is 5.41 Å². The summed E-state index contributed by atoms with van der Waals surface area (Å²) in [5.74, 6) is 0. The zero-order valence-electron chi connectivity index (χ0n) is 3.73. The first-order valence-electron chi connectivity index (χ1n) is 1.87. The lowest BCUT2D eigenvalue weighted by Gasteiger charge is -1.34. The van der Waals surface area contributed by atoms with Gasteiger partial charge in [-0.3, -0.25) is 0 Å². The van der Waals surface area contributed by atoms with Crippen LogP contribution in [0.1, 0.15) is 12.8 Å². The number of nitrogens with one attached hydrogen (secondary N) is 1. The van der Waals surface area contributed by atoms with Crippen molar-refractivity contribution in [1.82, 2.24) is 0 Å².